The van der Waals surface area contributed by atoms with Crippen LogP contribution in [0.2, 0.25) is 0 Å². The second-order valence-electron chi connectivity index (χ2n) is 5.86. The third-order valence-corrected chi connectivity index (χ3v) is 5.56. The van der Waals surface area contributed by atoms with Gasteiger partial charge in [-0.25, -0.2) is 4.98 Å². The van der Waals surface area contributed by atoms with E-state index in [2.05, 4.69) is 40.3 Å². The highest BCUT2D eigenvalue weighted by Gasteiger charge is 2.27. The van der Waals surface area contributed by atoms with Crippen LogP contribution >= 0.6 is 11.3 Å². The average molecular weight is 329 g/mol. The molecule has 3 rings (SSSR count). The molecule has 1 aliphatic heterocycles. The number of hydrogen-bond donors (Lipinski definition) is 1. The molecule has 0 fully saturated rings. The van der Waals surface area contributed by atoms with Crippen LogP contribution < -0.4 is 10.2 Å². The maximum Gasteiger partial charge on any atom is 0.242 e. The van der Waals surface area contributed by atoms with E-state index >= 15 is 0 Å². The molecule has 0 aliphatic carbocycles. The van der Waals surface area contributed by atoms with Crippen molar-refractivity contribution < 1.29 is 4.79 Å². The summed E-state index contributed by atoms with van der Waals surface area (Å²) in [4.78, 5) is 20.3. The molecule has 1 aliphatic rings. The Labute approximate surface area is 141 Å². The van der Waals surface area contributed by atoms with Crippen LogP contribution in [0.25, 0.3) is 0 Å². The Morgan fingerprint density at radius 2 is 2.26 bits per heavy atom. The van der Waals surface area contributed by atoms with E-state index in [0.29, 0.717) is 6.54 Å². The molecule has 1 aromatic heterocycles. The van der Waals surface area contributed by atoms with E-state index in [1.54, 1.807) is 11.3 Å². The Morgan fingerprint density at radius 1 is 1.43 bits per heavy atom. The number of fused-ring (bicyclic) bond motifs is 1. The summed E-state index contributed by atoms with van der Waals surface area (Å²) >= 11 is 1.74. The van der Waals surface area contributed by atoms with Gasteiger partial charge in [0.1, 0.15) is 6.04 Å². The van der Waals surface area contributed by atoms with E-state index in [4.69, 9.17) is 0 Å². The lowest BCUT2D eigenvalue weighted by Gasteiger charge is -2.26. The fourth-order valence-corrected chi connectivity index (χ4v) is 3.84. The first-order valence-electron chi connectivity index (χ1n) is 8.25. The van der Waals surface area contributed by atoms with Crippen LogP contribution in [-0.4, -0.2) is 30.0 Å². The summed E-state index contributed by atoms with van der Waals surface area (Å²) in [5.41, 5.74) is 2.53. The van der Waals surface area contributed by atoms with Crippen LogP contribution in [-0.2, 0) is 24.1 Å². The predicted octanol–water partition coefficient (Wildman–Crippen LogP) is 2.82. The van der Waals surface area contributed by atoms with Gasteiger partial charge in [0.05, 0.1) is 5.01 Å². The fraction of sp³-hybridized carbons (Fsp3) is 0.444. The highest BCUT2D eigenvalue weighted by molar-refractivity contribution is 7.11. The molecule has 0 saturated heterocycles. The highest BCUT2D eigenvalue weighted by Crippen LogP contribution is 2.29. The van der Waals surface area contributed by atoms with Crippen LogP contribution in [0.4, 0.5) is 5.69 Å². The standard InChI is InChI=1S/C18H23N3OS/c1-3-15-12-20-17(23-15)8-10-19-18(22)13(2)21-11-9-14-6-4-5-7-16(14)21/h4-7,12-13H,3,8-11H2,1-2H3,(H,19,22). The summed E-state index contributed by atoms with van der Waals surface area (Å²) in [5, 5.41) is 4.15. The largest absolute Gasteiger partial charge is 0.359 e. The SMILES string of the molecule is CCc1cnc(CCNC(=O)C(C)N2CCc3ccccc32)s1. The van der Waals surface area contributed by atoms with Gasteiger partial charge in [0.15, 0.2) is 0 Å². The zero-order valence-corrected chi connectivity index (χ0v) is 14.5. The summed E-state index contributed by atoms with van der Waals surface area (Å²) in [6, 6.07) is 8.21. The first-order valence-corrected chi connectivity index (χ1v) is 9.06. The summed E-state index contributed by atoms with van der Waals surface area (Å²) < 4.78 is 0. The van der Waals surface area contributed by atoms with E-state index in [-0.39, 0.29) is 11.9 Å². The number of aryl methyl sites for hydroxylation is 1. The van der Waals surface area contributed by atoms with E-state index < -0.39 is 0 Å². The van der Waals surface area contributed by atoms with Crippen molar-refractivity contribution in [1.82, 2.24) is 10.3 Å². The van der Waals surface area contributed by atoms with Gasteiger partial charge in [-0.1, -0.05) is 25.1 Å². The van der Waals surface area contributed by atoms with Crippen molar-refractivity contribution in [3.8, 4) is 0 Å². The molecule has 0 radical (unpaired) electrons. The zero-order chi connectivity index (χ0) is 16.2. The number of carbonyl (C=O) groups excluding carboxylic acids is 1. The molecule has 1 N–H and O–H groups in total. The monoisotopic (exact) mass is 329 g/mol. The molecule has 1 unspecified atom stereocenters. The Morgan fingerprint density at radius 3 is 3.04 bits per heavy atom. The van der Waals surface area contributed by atoms with Gasteiger partial charge < -0.3 is 10.2 Å². The number of hydrogen-bond acceptors (Lipinski definition) is 4. The number of nitrogens with zero attached hydrogens (tertiary/aromatic N) is 2. The molecule has 122 valence electrons. The zero-order valence-electron chi connectivity index (χ0n) is 13.7. The minimum absolute atomic E-state index is 0.0916. The molecule has 2 heterocycles. The molecule has 4 nitrogen and oxygen atoms in total. The number of benzene rings is 1. The molecular weight excluding hydrogens is 306 g/mol. The summed E-state index contributed by atoms with van der Waals surface area (Å²) in [6.07, 6.45) is 4.79. The lowest BCUT2D eigenvalue weighted by atomic mass is 10.1. The maximum atomic E-state index is 12.4. The summed E-state index contributed by atoms with van der Waals surface area (Å²) in [5.74, 6) is 0.0916. The normalized spacial score (nSPS) is 14.6. The predicted molar refractivity (Wildman–Crippen MR) is 95.2 cm³/mol. The minimum Gasteiger partial charge on any atom is -0.359 e. The minimum atomic E-state index is -0.138. The lowest BCUT2D eigenvalue weighted by Crippen LogP contribution is -2.45. The Bertz CT molecular complexity index is 682. The third-order valence-electron chi connectivity index (χ3n) is 4.36. The van der Waals surface area contributed by atoms with Crippen molar-refractivity contribution in [2.75, 3.05) is 18.0 Å². The first kappa shape index (κ1) is 16.0. The Kier molecular flexibility index (Phi) is 4.96. The van der Waals surface area contributed by atoms with Crippen molar-refractivity contribution >= 4 is 22.9 Å². The van der Waals surface area contributed by atoms with Crippen molar-refractivity contribution in [3.63, 3.8) is 0 Å². The van der Waals surface area contributed by atoms with E-state index in [1.165, 1.54) is 16.1 Å². The summed E-state index contributed by atoms with van der Waals surface area (Å²) in [6.45, 7) is 5.68. The quantitative estimate of drug-likeness (QED) is 0.886. The Hall–Kier alpha value is -1.88. The third kappa shape index (κ3) is 3.55. The highest BCUT2D eigenvalue weighted by atomic mass is 32.1. The maximum absolute atomic E-state index is 12.4. The van der Waals surface area contributed by atoms with Crippen molar-refractivity contribution in [3.05, 3.63) is 45.9 Å². The van der Waals surface area contributed by atoms with Gasteiger partial charge in [0.2, 0.25) is 5.91 Å². The van der Waals surface area contributed by atoms with Crippen molar-refractivity contribution in [2.45, 2.75) is 39.2 Å². The number of aromatic nitrogens is 1. The van der Waals surface area contributed by atoms with Gasteiger partial charge in [-0.05, 0) is 31.4 Å². The van der Waals surface area contributed by atoms with Crippen LogP contribution in [0, 0.1) is 0 Å². The molecular formula is C18H23N3OS. The van der Waals surface area contributed by atoms with E-state index in [0.717, 1.165) is 30.8 Å². The van der Waals surface area contributed by atoms with Gasteiger partial charge in [0, 0.05) is 36.3 Å². The van der Waals surface area contributed by atoms with Crippen LogP contribution in [0.3, 0.4) is 0 Å². The van der Waals surface area contributed by atoms with Crippen molar-refractivity contribution in [1.29, 1.82) is 0 Å². The lowest BCUT2D eigenvalue weighted by molar-refractivity contribution is -0.122. The smallest absolute Gasteiger partial charge is 0.242 e. The number of carbonyl (C=O) groups is 1. The van der Waals surface area contributed by atoms with Gasteiger partial charge in [-0.3, -0.25) is 4.79 Å². The molecule has 0 saturated carbocycles. The number of para-hydroxylation sites is 1. The fourth-order valence-electron chi connectivity index (χ4n) is 2.97. The topological polar surface area (TPSA) is 45.2 Å². The van der Waals surface area contributed by atoms with Gasteiger partial charge >= 0.3 is 0 Å². The molecule has 0 spiro atoms. The van der Waals surface area contributed by atoms with Gasteiger partial charge in [0.25, 0.3) is 0 Å². The number of anilines is 1. The molecule has 23 heavy (non-hydrogen) atoms. The average Bonchev–Trinajstić information content (AvgIpc) is 3.20. The molecule has 0 bridgehead atoms. The number of thiazole rings is 1. The number of rotatable bonds is 6. The van der Waals surface area contributed by atoms with Crippen LogP contribution in [0.1, 0.15) is 29.3 Å². The first-order chi connectivity index (χ1) is 11.2. The second kappa shape index (κ2) is 7.13. The molecule has 1 amide bonds. The van der Waals surface area contributed by atoms with E-state index in [1.807, 2.05) is 19.2 Å². The second-order valence-corrected chi connectivity index (χ2v) is 7.06. The molecule has 1 aromatic carbocycles. The Balaban J connectivity index is 1.52. The van der Waals surface area contributed by atoms with Crippen LogP contribution in [0.5, 0.6) is 0 Å². The molecule has 5 heteroatoms. The molecule has 2 aromatic rings. The van der Waals surface area contributed by atoms with Gasteiger partial charge in [-0.15, -0.1) is 11.3 Å². The van der Waals surface area contributed by atoms with E-state index in [9.17, 15) is 4.79 Å². The van der Waals surface area contributed by atoms with Crippen LogP contribution in [0.15, 0.2) is 30.5 Å². The van der Waals surface area contributed by atoms with Crippen molar-refractivity contribution in [2.24, 2.45) is 0 Å². The van der Waals surface area contributed by atoms with Gasteiger partial charge in [-0.2, -0.15) is 0 Å². The summed E-state index contributed by atoms with van der Waals surface area (Å²) in [7, 11) is 0. The molecule has 1 atom stereocenters. The number of amides is 1. The number of nitrogens with one attached hydrogen (secondary N) is 1.